The Morgan fingerprint density at radius 2 is 1.45 bits per heavy atom. The molecule has 0 aliphatic rings. The van der Waals surface area contributed by atoms with E-state index in [9.17, 15) is 9.59 Å². The highest BCUT2D eigenvalue weighted by atomic mass is 32.2. The van der Waals surface area contributed by atoms with Gasteiger partial charge in [0.15, 0.2) is 0 Å². The number of nitrogens with one attached hydrogen (secondary N) is 1. The molecule has 0 bridgehead atoms. The fraction of sp³-hybridized carbons (Fsp3) is 0.417. The zero-order valence-electron chi connectivity index (χ0n) is 18.6. The molecule has 0 fully saturated rings. The van der Waals surface area contributed by atoms with Crippen molar-refractivity contribution >= 4 is 29.3 Å². The summed E-state index contributed by atoms with van der Waals surface area (Å²) in [4.78, 5) is 26.2. The number of anilines is 1. The maximum absolute atomic E-state index is 12.3. The number of carbonyl (C=O) groups is 2. The van der Waals surface area contributed by atoms with Crippen LogP contribution in [0.2, 0.25) is 0 Å². The molecule has 0 saturated carbocycles. The van der Waals surface area contributed by atoms with Gasteiger partial charge in [-0.2, -0.15) is 0 Å². The summed E-state index contributed by atoms with van der Waals surface area (Å²) in [6.07, 6.45) is 0.977. The van der Waals surface area contributed by atoms with E-state index in [2.05, 4.69) is 12.2 Å². The van der Waals surface area contributed by atoms with Gasteiger partial charge >= 0.3 is 0 Å². The van der Waals surface area contributed by atoms with Gasteiger partial charge in [0.05, 0.1) is 19.0 Å². The zero-order valence-corrected chi connectivity index (χ0v) is 19.4. The average molecular weight is 445 g/mol. The van der Waals surface area contributed by atoms with Crippen LogP contribution in [0.5, 0.6) is 11.5 Å². The van der Waals surface area contributed by atoms with Crippen LogP contribution in [0, 0.1) is 0 Å². The topological polar surface area (TPSA) is 67.9 Å². The standard InChI is InChI=1S/C24H32N2O4S/c1-4-15-29-21-11-13-22(14-12-21)30-16-17-31-18-23(27)25-20-9-7-19(8-10-20)24(28)26(5-2)6-3/h7-14H,4-6,15-18H2,1-3H3,(H,25,27). The molecule has 7 heteroatoms. The molecule has 0 unspecified atom stereocenters. The van der Waals surface area contributed by atoms with Gasteiger partial charge in [0.1, 0.15) is 11.5 Å². The van der Waals surface area contributed by atoms with Crippen molar-refractivity contribution in [2.75, 3.05) is 43.1 Å². The molecular formula is C24H32N2O4S. The summed E-state index contributed by atoms with van der Waals surface area (Å²) in [5.74, 6) is 2.59. The first-order valence-corrected chi connectivity index (χ1v) is 11.8. The Balaban J connectivity index is 1.66. The molecule has 2 aromatic carbocycles. The number of thioether (sulfide) groups is 1. The number of amides is 2. The van der Waals surface area contributed by atoms with Gasteiger partial charge in [-0.1, -0.05) is 6.92 Å². The highest BCUT2D eigenvalue weighted by Gasteiger charge is 2.12. The Hall–Kier alpha value is -2.67. The molecule has 1 N–H and O–H groups in total. The highest BCUT2D eigenvalue weighted by Crippen LogP contribution is 2.18. The minimum Gasteiger partial charge on any atom is -0.494 e. The summed E-state index contributed by atoms with van der Waals surface area (Å²) >= 11 is 1.51. The fourth-order valence-corrected chi connectivity index (χ4v) is 3.43. The molecular weight excluding hydrogens is 412 g/mol. The van der Waals surface area contributed by atoms with E-state index < -0.39 is 0 Å². The monoisotopic (exact) mass is 444 g/mol. The summed E-state index contributed by atoms with van der Waals surface area (Å²) in [6, 6.07) is 14.6. The van der Waals surface area contributed by atoms with Gasteiger partial charge < -0.3 is 19.7 Å². The second kappa shape index (κ2) is 13.6. The lowest BCUT2D eigenvalue weighted by Gasteiger charge is -2.18. The van der Waals surface area contributed by atoms with E-state index >= 15 is 0 Å². The van der Waals surface area contributed by atoms with E-state index in [1.807, 2.05) is 38.1 Å². The molecule has 6 nitrogen and oxygen atoms in total. The molecule has 0 aromatic heterocycles. The van der Waals surface area contributed by atoms with Crippen molar-refractivity contribution in [1.29, 1.82) is 0 Å². The Kier molecular flexibility index (Phi) is 10.8. The van der Waals surface area contributed by atoms with Gasteiger partial charge in [0, 0.05) is 30.1 Å². The summed E-state index contributed by atoms with van der Waals surface area (Å²) < 4.78 is 11.2. The van der Waals surface area contributed by atoms with E-state index in [0.717, 1.165) is 17.9 Å². The predicted octanol–water partition coefficient (Wildman–Crippen LogP) is 4.71. The molecule has 0 heterocycles. The molecule has 0 aliphatic carbocycles. The third-order valence-electron chi connectivity index (χ3n) is 4.49. The number of carbonyl (C=O) groups excluding carboxylic acids is 2. The zero-order chi connectivity index (χ0) is 22.5. The smallest absolute Gasteiger partial charge is 0.253 e. The largest absolute Gasteiger partial charge is 0.494 e. The molecule has 0 radical (unpaired) electrons. The first-order valence-electron chi connectivity index (χ1n) is 10.7. The number of hydrogen-bond acceptors (Lipinski definition) is 5. The quantitative estimate of drug-likeness (QED) is 0.453. The maximum Gasteiger partial charge on any atom is 0.253 e. The maximum atomic E-state index is 12.3. The Morgan fingerprint density at radius 3 is 2.00 bits per heavy atom. The van der Waals surface area contributed by atoms with Crippen molar-refractivity contribution in [1.82, 2.24) is 4.90 Å². The lowest BCUT2D eigenvalue weighted by molar-refractivity contribution is -0.113. The van der Waals surface area contributed by atoms with Crippen LogP contribution < -0.4 is 14.8 Å². The lowest BCUT2D eigenvalue weighted by Crippen LogP contribution is -2.30. The summed E-state index contributed by atoms with van der Waals surface area (Å²) in [5.41, 5.74) is 1.31. The normalized spacial score (nSPS) is 10.4. The van der Waals surface area contributed by atoms with Gasteiger partial charge in [-0.25, -0.2) is 0 Å². The molecule has 2 amide bonds. The Bertz CT molecular complexity index is 805. The number of rotatable bonds is 13. The fourth-order valence-electron chi connectivity index (χ4n) is 2.82. The molecule has 0 saturated heterocycles. The van der Waals surface area contributed by atoms with E-state index in [4.69, 9.17) is 9.47 Å². The third-order valence-corrected chi connectivity index (χ3v) is 5.41. The average Bonchev–Trinajstić information content (AvgIpc) is 2.79. The van der Waals surface area contributed by atoms with E-state index in [-0.39, 0.29) is 11.8 Å². The van der Waals surface area contributed by atoms with Gasteiger partial charge in [-0.3, -0.25) is 9.59 Å². The molecule has 2 rings (SSSR count). The minimum atomic E-state index is -0.0785. The van der Waals surface area contributed by atoms with Crippen molar-refractivity contribution in [2.24, 2.45) is 0 Å². The minimum absolute atomic E-state index is 0.00144. The number of hydrogen-bond donors (Lipinski definition) is 1. The van der Waals surface area contributed by atoms with Crippen LogP contribution in [0.25, 0.3) is 0 Å². The number of nitrogens with zero attached hydrogens (tertiary/aromatic N) is 1. The Labute approximate surface area is 189 Å². The molecule has 0 aliphatic heterocycles. The van der Waals surface area contributed by atoms with Crippen LogP contribution >= 0.6 is 11.8 Å². The van der Waals surface area contributed by atoms with E-state index in [1.165, 1.54) is 11.8 Å². The van der Waals surface area contributed by atoms with E-state index in [1.54, 1.807) is 29.2 Å². The second-order valence-corrected chi connectivity index (χ2v) is 7.93. The summed E-state index contributed by atoms with van der Waals surface area (Å²) in [6.45, 7) is 8.56. The van der Waals surface area contributed by atoms with Gasteiger partial charge in [0.25, 0.3) is 5.91 Å². The molecule has 0 spiro atoms. The highest BCUT2D eigenvalue weighted by molar-refractivity contribution is 7.99. The first-order chi connectivity index (χ1) is 15.1. The molecule has 168 valence electrons. The lowest BCUT2D eigenvalue weighted by atomic mass is 10.2. The van der Waals surface area contributed by atoms with Crippen LogP contribution in [0.15, 0.2) is 48.5 Å². The number of ether oxygens (including phenoxy) is 2. The van der Waals surface area contributed by atoms with Crippen LogP contribution in [-0.2, 0) is 4.79 Å². The van der Waals surface area contributed by atoms with E-state index in [0.29, 0.717) is 49.1 Å². The van der Waals surface area contributed by atoms with Gasteiger partial charge in [0.2, 0.25) is 5.91 Å². The SMILES string of the molecule is CCCOc1ccc(OCCSCC(=O)Nc2ccc(C(=O)N(CC)CC)cc2)cc1. The Morgan fingerprint density at radius 1 is 0.871 bits per heavy atom. The second-order valence-electron chi connectivity index (χ2n) is 6.82. The van der Waals surface area contributed by atoms with Crippen LogP contribution in [0.1, 0.15) is 37.6 Å². The molecule has 0 atom stereocenters. The third kappa shape index (κ3) is 8.53. The summed E-state index contributed by atoms with van der Waals surface area (Å²) in [7, 11) is 0. The van der Waals surface area contributed by atoms with Crippen molar-refractivity contribution in [3.8, 4) is 11.5 Å². The van der Waals surface area contributed by atoms with Gasteiger partial charge in [-0.05, 0) is 68.8 Å². The van der Waals surface area contributed by atoms with Gasteiger partial charge in [-0.15, -0.1) is 11.8 Å². The molecule has 2 aromatic rings. The van der Waals surface area contributed by atoms with Crippen molar-refractivity contribution in [3.63, 3.8) is 0 Å². The van der Waals surface area contributed by atoms with Crippen LogP contribution in [0.3, 0.4) is 0 Å². The predicted molar refractivity (Wildman–Crippen MR) is 127 cm³/mol. The summed E-state index contributed by atoms with van der Waals surface area (Å²) in [5, 5.41) is 2.86. The van der Waals surface area contributed by atoms with Crippen LogP contribution in [0.4, 0.5) is 5.69 Å². The van der Waals surface area contributed by atoms with Crippen molar-refractivity contribution < 1.29 is 19.1 Å². The number of benzene rings is 2. The van der Waals surface area contributed by atoms with Crippen LogP contribution in [-0.4, -0.2) is 54.5 Å². The molecule has 31 heavy (non-hydrogen) atoms. The van der Waals surface area contributed by atoms with Crippen molar-refractivity contribution in [2.45, 2.75) is 27.2 Å². The van der Waals surface area contributed by atoms with Crippen molar-refractivity contribution in [3.05, 3.63) is 54.1 Å². The first kappa shape index (κ1) is 24.6.